The SMILES string of the molecule is O=C(/C=C/c1ccccc1Cl)NC(=S)Nc1cccc(NC(=O)c2ccco2)c1. The van der Waals surface area contributed by atoms with Crippen LogP contribution < -0.4 is 16.0 Å². The summed E-state index contributed by atoms with van der Waals surface area (Å²) in [6.07, 6.45) is 4.37. The molecule has 0 bridgehead atoms. The number of hydrogen-bond acceptors (Lipinski definition) is 4. The third-order valence-electron chi connectivity index (χ3n) is 3.68. The maximum absolute atomic E-state index is 12.0. The summed E-state index contributed by atoms with van der Waals surface area (Å²) in [6.45, 7) is 0. The zero-order chi connectivity index (χ0) is 20.6. The molecule has 146 valence electrons. The molecule has 6 nitrogen and oxygen atoms in total. The van der Waals surface area contributed by atoms with Crippen molar-refractivity contribution in [3.63, 3.8) is 0 Å². The maximum atomic E-state index is 12.0. The van der Waals surface area contributed by atoms with E-state index in [0.717, 1.165) is 5.56 Å². The lowest BCUT2D eigenvalue weighted by Crippen LogP contribution is -2.32. The third kappa shape index (κ3) is 6.03. The molecule has 2 amide bonds. The van der Waals surface area contributed by atoms with Gasteiger partial charge in [0.05, 0.1) is 6.26 Å². The minimum atomic E-state index is -0.398. The molecule has 0 saturated carbocycles. The lowest BCUT2D eigenvalue weighted by Gasteiger charge is -2.10. The van der Waals surface area contributed by atoms with Crippen LogP contribution in [0.4, 0.5) is 11.4 Å². The van der Waals surface area contributed by atoms with Crippen molar-refractivity contribution in [1.82, 2.24) is 5.32 Å². The van der Waals surface area contributed by atoms with Crippen LogP contribution in [0.3, 0.4) is 0 Å². The van der Waals surface area contributed by atoms with Crippen molar-refractivity contribution >= 4 is 58.2 Å². The van der Waals surface area contributed by atoms with Gasteiger partial charge in [0, 0.05) is 22.5 Å². The van der Waals surface area contributed by atoms with E-state index in [1.54, 1.807) is 54.6 Å². The zero-order valence-electron chi connectivity index (χ0n) is 15.0. The molecular weight excluding hydrogens is 410 g/mol. The molecule has 3 N–H and O–H groups in total. The van der Waals surface area contributed by atoms with Crippen LogP contribution in [0.5, 0.6) is 0 Å². The molecule has 0 radical (unpaired) electrons. The molecule has 1 aromatic heterocycles. The van der Waals surface area contributed by atoms with Crippen molar-refractivity contribution in [2.75, 3.05) is 10.6 Å². The van der Waals surface area contributed by atoms with Crippen molar-refractivity contribution in [3.05, 3.63) is 89.3 Å². The van der Waals surface area contributed by atoms with Crippen LogP contribution in [0.15, 0.2) is 77.4 Å². The Morgan fingerprint density at radius 2 is 1.72 bits per heavy atom. The first-order valence-electron chi connectivity index (χ1n) is 8.51. The predicted octanol–water partition coefficient (Wildman–Crippen LogP) is 4.71. The summed E-state index contributed by atoms with van der Waals surface area (Å²) in [5, 5.41) is 8.83. The van der Waals surface area contributed by atoms with E-state index in [2.05, 4.69) is 16.0 Å². The van der Waals surface area contributed by atoms with Gasteiger partial charge in [-0.3, -0.25) is 14.9 Å². The molecule has 0 aliphatic carbocycles. The van der Waals surface area contributed by atoms with E-state index in [1.165, 1.54) is 12.3 Å². The van der Waals surface area contributed by atoms with Crippen molar-refractivity contribution in [1.29, 1.82) is 0 Å². The first-order valence-corrected chi connectivity index (χ1v) is 9.29. The number of amides is 2. The van der Waals surface area contributed by atoms with Crippen LogP contribution in [0, 0.1) is 0 Å². The second-order valence-electron chi connectivity index (χ2n) is 5.81. The van der Waals surface area contributed by atoms with Crippen LogP contribution in [0.2, 0.25) is 5.02 Å². The molecule has 8 heteroatoms. The highest BCUT2D eigenvalue weighted by molar-refractivity contribution is 7.80. The first kappa shape index (κ1) is 20.3. The summed E-state index contributed by atoms with van der Waals surface area (Å²) in [5.74, 6) is -0.561. The number of benzene rings is 2. The normalized spacial score (nSPS) is 10.5. The number of hydrogen-bond donors (Lipinski definition) is 3. The Morgan fingerprint density at radius 3 is 2.45 bits per heavy atom. The second-order valence-corrected chi connectivity index (χ2v) is 6.63. The Kier molecular flexibility index (Phi) is 6.78. The van der Waals surface area contributed by atoms with E-state index in [9.17, 15) is 9.59 Å². The summed E-state index contributed by atoms with van der Waals surface area (Å²) in [5.41, 5.74) is 1.87. The Morgan fingerprint density at radius 1 is 0.966 bits per heavy atom. The van der Waals surface area contributed by atoms with E-state index >= 15 is 0 Å². The molecule has 0 saturated heterocycles. The predicted molar refractivity (Wildman–Crippen MR) is 118 cm³/mol. The molecule has 29 heavy (non-hydrogen) atoms. The molecule has 0 spiro atoms. The molecule has 2 aromatic carbocycles. The fourth-order valence-corrected chi connectivity index (χ4v) is 2.78. The molecular formula is C21H16ClN3O3S. The fraction of sp³-hybridized carbons (Fsp3) is 0. The molecule has 0 unspecified atom stereocenters. The highest BCUT2D eigenvalue weighted by Crippen LogP contribution is 2.17. The topological polar surface area (TPSA) is 83.4 Å². The second kappa shape index (κ2) is 9.68. The monoisotopic (exact) mass is 425 g/mol. The standard InChI is InChI=1S/C21H16ClN3O3S/c22-17-8-2-1-5-14(17)10-11-19(26)25-21(29)24-16-7-3-6-15(13-16)23-20(27)18-9-4-12-28-18/h1-13H,(H,23,27)(H2,24,25,26,29)/b11-10+. The van der Waals surface area contributed by atoms with Gasteiger partial charge in [0.2, 0.25) is 5.91 Å². The molecule has 0 atom stereocenters. The van der Waals surface area contributed by atoms with Crippen LogP contribution >= 0.6 is 23.8 Å². The summed E-state index contributed by atoms with van der Waals surface area (Å²) in [4.78, 5) is 24.1. The van der Waals surface area contributed by atoms with Gasteiger partial charge in [0.25, 0.3) is 5.91 Å². The summed E-state index contributed by atoms with van der Waals surface area (Å²) >= 11 is 11.2. The quantitative estimate of drug-likeness (QED) is 0.407. The van der Waals surface area contributed by atoms with E-state index in [4.69, 9.17) is 28.2 Å². The minimum absolute atomic E-state index is 0.119. The van der Waals surface area contributed by atoms with Gasteiger partial charge in [0.15, 0.2) is 10.9 Å². The maximum Gasteiger partial charge on any atom is 0.291 e. The van der Waals surface area contributed by atoms with E-state index in [0.29, 0.717) is 16.4 Å². The lowest BCUT2D eigenvalue weighted by molar-refractivity contribution is -0.115. The van der Waals surface area contributed by atoms with Gasteiger partial charge in [-0.1, -0.05) is 35.9 Å². The Bertz CT molecular complexity index is 1060. The van der Waals surface area contributed by atoms with E-state index in [-0.39, 0.29) is 16.8 Å². The number of nitrogens with one attached hydrogen (secondary N) is 3. The van der Waals surface area contributed by atoms with E-state index in [1.807, 2.05) is 12.1 Å². The van der Waals surface area contributed by atoms with Crippen LogP contribution in [0.25, 0.3) is 6.08 Å². The Labute approximate surface area is 177 Å². The largest absolute Gasteiger partial charge is 0.459 e. The van der Waals surface area contributed by atoms with Crippen LogP contribution in [-0.2, 0) is 4.79 Å². The molecule has 1 heterocycles. The Hall–Kier alpha value is -3.42. The van der Waals surface area contributed by atoms with E-state index < -0.39 is 5.91 Å². The van der Waals surface area contributed by atoms with Gasteiger partial charge in [-0.05, 0) is 60.3 Å². The summed E-state index contributed by atoms with van der Waals surface area (Å²) < 4.78 is 5.06. The molecule has 3 rings (SSSR count). The summed E-state index contributed by atoms with van der Waals surface area (Å²) in [6, 6.07) is 17.3. The highest BCUT2D eigenvalue weighted by atomic mass is 35.5. The fourth-order valence-electron chi connectivity index (χ4n) is 2.37. The van der Waals surface area contributed by atoms with Gasteiger partial charge >= 0.3 is 0 Å². The van der Waals surface area contributed by atoms with Gasteiger partial charge in [-0.25, -0.2) is 0 Å². The number of thiocarbonyl (C=S) groups is 1. The number of halogens is 1. The number of furan rings is 1. The minimum Gasteiger partial charge on any atom is -0.459 e. The zero-order valence-corrected chi connectivity index (χ0v) is 16.6. The lowest BCUT2D eigenvalue weighted by atomic mass is 10.2. The van der Waals surface area contributed by atoms with Crippen molar-refractivity contribution < 1.29 is 14.0 Å². The Balaban J connectivity index is 1.55. The van der Waals surface area contributed by atoms with Crippen molar-refractivity contribution in [2.24, 2.45) is 0 Å². The van der Waals surface area contributed by atoms with Crippen molar-refractivity contribution in [3.8, 4) is 0 Å². The molecule has 0 aliphatic heterocycles. The molecule has 3 aromatic rings. The van der Waals surface area contributed by atoms with Gasteiger partial charge < -0.3 is 15.1 Å². The van der Waals surface area contributed by atoms with Crippen LogP contribution in [0.1, 0.15) is 16.1 Å². The van der Waals surface area contributed by atoms with Crippen LogP contribution in [-0.4, -0.2) is 16.9 Å². The summed E-state index contributed by atoms with van der Waals surface area (Å²) in [7, 11) is 0. The highest BCUT2D eigenvalue weighted by Gasteiger charge is 2.09. The van der Waals surface area contributed by atoms with Gasteiger partial charge in [-0.15, -0.1) is 0 Å². The average molecular weight is 426 g/mol. The number of carbonyl (C=O) groups is 2. The number of carbonyl (C=O) groups excluding carboxylic acids is 2. The van der Waals surface area contributed by atoms with Gasteiger partial charge in [0.1, 0.15) is 0 Å². The first-order chi connectivity index (χ1) is 14.0. The molecule has 0 aliphatic rings. The average Bonchev–Trinajstić information content (AvgIpc) is 3.22. The molecule has 0 fully saturated rings. The smallest absolute Gasteiger partial charge is 0.291 e. The third-order valence-corrected chi connectivity index (χ3v) is 4.23. The van der Waals surface area contributed by atoms with Gasteiger partial charge in [-0.2, -0.15) is 0 Å². The number of rotatable bonds is 5. The van der Waals surface area contributed by atoms with Crippen molar-refractivity contribution in [2.45, 2.75) is 0 Å². The number of anilines is 2.